The maximum atomic E-state index is 10.5. The zero-order chi connectivity index (χ0) is 15.6. The van der Waals surface area contributed by atoms with Crippen molar-refractivity contribution in [3.8, 4) is 17.1 Å². The van der Waals surface area contributed by atoms with Crippen LogP contribution in [0.5, 0.6) is 0 Å². The second-order valence-electron chi connectivity index (χ2n) is 6.13. The molecule has 3 aromatic rings. The number of rotatable bonds is 2. The van der Waals surface area contributed by atoms with Gasteiger partial charge in [0.25, 0.3) is 0 Å². The van der Waals surface area contributed by atoms with Crippen LogP contribution in [0.25, 0.3) is 17.1 Å². The first-order valence-electron chi connectivity index (χ1n) is 7.64. The molecule has 6 nitrogen and oxygen atoms in total. The molecule has 0 amide bonds. The molecule has 2 aliphatic rings. The summed E-state index contributed by atoms with van der Waals surface area (Å²) in [6, 6.07) is 5.71. The maximum absolute atomic E-state index is 10.5. The number of halogens is 1. The molecule has 1 atom stereocenters. The van der Waals surface area contributed by atoms with Crippen LogP contribution in [0, 0.1) is 5.92 Å². The number of imidazole rings is 1. The summed E-state index contributed by atoms with van der Waals surface area (Å²) in [5.41, 5.74) is 3.57. The molecular formula is C16H14ClN5O. The summed E-state index contributed by atoms with van der Waals surface area (Å²) in [6.45, 7) is 0.529. The lowest BCUT2D eigenvalue weighted by Crippen LogP contribution is -2.10. The SMILES string of the molecule is OC(c1ncn2c1Cn1ncnc1-c1cc(Cl)ccc1-2)C1CC1. The Balaban J connectivity index is 1.77. The van der Waals surface area contributed by atoms with Gasteiger partial charge in [-0.2, -0.15) is 5.10 Å². The molecule has 7 heteroatoms. The van der Waals surface area contributed by atoms with Gasteiger partial charge in [-0.05, 0) is 37.0 Å². The van der Waals surface area contributed by atoms with Crippen LogP contribution < -0.4 is 0 Å². The van der Waals surface area contributed by atoms with E-state index in [0.29, 0.717) is 17.5 Å². The van der Waals surface area contributed by atoms with E-state index in [4.69, 9.17) is 11.6 Å². The van der Waals surface area contributed by atoms with Gasteiger partial charge in [-0.3, -0.25) is 0 Å². The Morgan fingerprint density at radius 1 is 1.26 bits per heavy atom. The van der Waals surface area contributed by atoms with Gasteiger partial charge < -0.3 is 9.67 Å². The molecule has 1 aliphatic heterocycles. The van der Waals surface area contributed by atoms with Crippen molar-refractivity contribution in [2.75, 3.05) is 0 Å². The fourth-order valence-electron chi connectivity index (χ4n) is 3.26. The number of aliphatic hydroxyl groups is 1. The summed E-state index contributed by atoms with van der Waals surface area (Å²) in [4.78, 5) is 8.88. The van der Waals surface area contributed by atoms with Gasteiger partial charge in [0.05, 0.1) is 29.9 Å². The van der Waals surface area contributed by atoms with Gasteiger partial charge in [0, 0.05) is 10.6 Å². The standard InChI is InChI=1S/C16H14ClN5O/c17-10-3-4-12-11(5-10)16-18-7-20-22(16)6-13-14(19-8-21(12)13)15(23)9-1-2-9/h3-5,7-9,15,23H,1-2,6H2. The lowest BCUT2D eigenvalue weighted by molar-refractivity contribution is 0.148. The summed E-state index contributed by atoms with van der Waals surface area (Å²) in [5, 5.41) is 15.5. The third-order valence-corrected chi connectivity index (χ3v) is 4.86. The molecule has 1 aliphatic carbocycles. The Kier molecular flexibility index (Phi) is 2.69. The van der Waals surface area contributed by atoms with Crippen molar-refractivity contribution in [2.45, 2.75) is 25.5 Å². The molecule has 0 spiro atoms. The molecule has 2 aromatic heterocycles. The molecule has 1 unspecified atom stereocenters. The van der Waals surface area contributed by atoms with E-state index in [1.807, 2.05) is 27.4 Å². The van der Waals surface area contributed by atoms with Crippen LogP contribution in [0.3, 0.4) is 0 Å². The van der Waals surface area contributed by atoms with Crippen LogP contribution >= 0.6 is 11.6 Å². The van der Waals surface area contributed by atoms with Gasteiger partial charge in [0.15, 0.2) is 5.82 Å². The topological polar surface area (TPSA) is 68.8 Å². The Bertz CT molecular complexity index is 911. The van der Waals surface area contributed by atoms with E-state index in [1.165, 1.54) is 0 Å². The number of nitrogens with zero attached hydrogens (tertiary/aromatic N) is 5. The first kappa shape index (κ1) is 13.3. The highest BCUT2D eigenvalue weighted by atomic mass is 35.5. The molecule has 5 rings (SSSR count). The summed E-state index contributed by atoms with van der Waals surface area (Å²) >= 11 is 6.17. The Morgan fingerprint density at radius 2 is 2.13 bits per heavy atom. The van der Waals surface area contributed by atoms with Crippen molar-refractivity contribution in [3.63, 3.8) is 0 Å². The molecule has 23 heavy (non-hydrogen) atoms. The van der Waals surface area contributed by atoms with E-state index in [0.717, 1.165) is 41.3 Å². The van der Waals surface area contributed by atoms with Gasteiger partial charge >= 0.3 is 0 Å². The Labute approximate surface area is 137 Å². The molecule has 1 saturated carbocycles. The van der Waals surface area contributed by atoms with Crippen LogP contribution in [0.4, 0.5) is 0 Å². The van der Waals surface area contributed by atoms with Crippen molar-refractivity contribution >= 4 is 11.6 Å². The molecule has 116 valence electrons. The van der Waals surface area contributed by atoms with Gasteiger partial charge in [-0.1, -0.05) is 11.6 Å². The third kappa shape index (κ3) is 1.95. The predicted molar refractivity (Wildman–Crippen MR) is 84.4 cm³/mol. The number of benzene rings is 1. The van der Waals surface area contributed by atoms with Gasteiger partial charge in [0.2, 0.25) is 0 Å². The molecule has 0 saturated heterocycles. The number of hydrogen-bond acceptors (Lipinski definition) is 4. The number of aromatic nitrogens is 5. The van der Waals surface area contributed by atoms with Crippen molar-refractivity contribution in [3.05, 3.63) is 47.3 Å². The quantitative estimate of drug-likeness (QED) is 0.614. The molecule has 0 bridgehead atoms. The molecule has 1 N–H and O–H groups in total. The zero-order valence-electron chi connectivity index (χ0n) is 12.2. The highest BCUT2D eigenvalue weighted by Gasteiger charge is 2.35. The normalized spacial score (nSPS) is 17.1. The van der Waals surface area contributed by atoms with Gasteiger partial charge in [-0.25, -0.2) is 14.6 Å². The average molecular weight is 328 g/mol. The second-order valence-corrected chi connectivity index (χ2v) is 6.57. The van der Waals surface area contributed by atoms with E-state index in [9.17, 15) is 5.11 Å². The zero-order valence-corrected chi connectivity index (χ0v) is 13.0. The average Bonchev–Trinajstić information content (AvgIpc) is 3.20. The fraction of sp³-hybridized carbons (Fsp3) is 0.312. The Hall–Kier alpha value is -2.18. The van der Waals surface area contributed by atoms with E-state index in [2.05, 4.69) is 15.1 Å². The number of hydrogen-bond donors (Lipinski definition) is 1. The third-order valence-electron chi connectivity index (χ3n) is 4.62. The lowest BCUT2D eigenvalue weighted by Gasteiger charge is -2.11. The highest BCUT2D eigenvalue weighted by Crippen LogP contribution is 2.42. The van der Waals surface area contributed by atoms with Crippen molar-refractivity contribution in [1.82, 2.24) is 24.3 Å². The first-order chi connectivity index (χ1) is 11.2. The molecule has 1 fully saturated rings. The van der Waals surface area contributed by atoms with Gasteiger partial charge in [0.1, 0.15) is 12.4 Å². The summed E-state index contributed by atoms with van der Waals surface area (Å²) in [6.07, 6.45) is 4.94. The van der Waals surface area contributed by atoms with E-state index in [-0.39, 0.29) is 0 Å². The summed E-state index contributed by atoms with van der Waals surface area (Å²) in [7, 11) is 0. The molecule has 3 heterocycles. The van der Waals surface area contributed by atoms with E-state index in [1.54, 1.807) is 12.7 Å². The molecule has 0 radical (unpaired) electrons. The van der Waals surface area contributed by atoms with Crippen molar-refractivity contribution < 1.29 is 5.11 Å². The number of aliphatic hydroxyl groups excluding tert-OH is 1. The van der Waals surface area contributed by atoms with E-state index < -0.39 is 6.10 Å². The highest BCUT2D eigenvalue weighted by molar-refractivity contribution is 6.31. The van der Waals surface area contributed by atoms with Crippen LogP contribution in [-0.2, 0) is 6.54 Å². The van der Waals surface area contributed by atoms with Crippen LogP contribution in [0.2, 0.25) is 5.02 Å². The van der Waals surface area contributed by atoms with Crippen molar-refractivity contribution in [1.29, 1.82) is 0 Å². The maximum Gasteiger partial charge on any atom is 0.160 e. The van der Waals surface area contributed by atoms with Crippen molar-refractivity contribution in [2.24, 2.45) is 5.92 Å². The van der Waals surface area contributed by atoms with Crippen LogP contribution in [-0.4, -0.2) is 29.4 Å². The second kappa shape index (κ2) is 4.66. The summed E-state index contributed by atoms with van der Waals surface area (Å²) < 4.78 is 3.85. The monoisotopic (exact) mass is 327 g/mol. The minimum atomic E-state index is -0.507. The minimum absolute atomic E-state index is 0.331. The fourth-order valence-corrected chi connectivity index (χ4v) is 3.43. The van der Waals surface area contributed by atoms with Gasteiger partial charge in [-0.15, -0.1) is 0 Å². The summed E-state index contributed by atoms with van der Waals surface area (Å²) in [5.74, 6) is 1.11. The smallest absolute Gasteiger partial charge is 0.160 e. The Morgan fingerprint density at radius 3 is 2.96 bits per heavy atom. The van der Waals surface area contributed by atoms with Crippen LogP contribution in [0.1, 0.15) is 30.3 Å². The largest absolute Gasteiger partial charge is 0.386 e. The minimum Gasteiger partial charge on any atom is -0.386 e. The molecule has 1 aromatic carbocycles. The van der Waals surface area contributed by atoms with E-state index >= 15 is 0 Å². The lowest BCUT2D eigenvalue weighted by atomic mass is 10.1. The van der Waals surface area contributed by atoms with Crippen LogP contribution in [0.15, 0.2) is 30.9 Å². The first-order valence-corrected chi connectivity index (χ1v) is 8.02. The molecular weight excluding hydrogens is 314 g/mol. The predicted octanol–water partition coefficient (Wildman–Crippen LogP) is 2.59. The number of fused-ring (bicyclic) bond motifs is 5.